The Morgan fingerprint density at radius 2 is 2.26 bits per heavy atom. The molecule has 2 rings (SSSR count). The fourth-order valence-electron chi connectivity index (χ4n) is 2.39. The molecule has 2 atom stereocenters. The molecule has 1 fully saturated rings. The van der Waals surface area contributed by atoms with Gasteiger partial charge in [-0.1, -0.05) is 6.42 Å². The lowest BCUT2D eigenvalue weighted by molar-refractivity contribution is 0.241. The van der Waals surface area contributed by atoms with Crippen molar-refractivity contribution < 1.29 is 4.74 Å². The third-order valence-corrected chi connectivity index (χ3v) is 4.69. The van der Waals surface area contributed by atoms with Crippen LogP contribution in [0.25, 0.3) is 0 Å². The van der Waals surface area contributed by atoms with Crippen LogP contribution in [0.4, 0.5) is 0 Å². The Hall–Kier alpha value is -0.780. The fraction of sp³-hybridized carbons (Fsp3) is 0.643. The van der Waals surface area contributed by atoms with Crippen LogP contribution < -0.4 is 16.0 Å². The Kier molecular flexibility index (Phi) is 5.48. The van der Waals surface area contributed by atoms with Crippen LogP contribution in [0.2, 0.25) is 0 Å². The van der Waals surface area contributed by atoms with Gasteiger partial charge in [0.05, 0.1) is 18.3 Å². The van der Waals surface area contributed by atoms with Gasteiger partial charge in [-0.05, 0) is 44.1 Å². The second-order valence-electron chi connectivity index (χ2n) is 5.17. The second-order valence-corrected chi connectivity index (χ2v) is 6.52. The van der Waals surface area contributed by atoms with Crippen molar-refractivity contribution in [1.29, 1.82) is 0 Å². The highest BCUT2D eigenvalue weighted by molar-refractivity contribution is 8.00. The van der Waals surface area contributed by atoms with Gasteiger partial charge < -0.3 is 4.74 Å². The molecule has 0 amide bonds. The maximum atomic E-state index is 5.76. The molecule has 106 valence electrons. The van der Waals surface area contributed by atoms with Gasteiger partial charge in [-0.2, -0.15) is 11.8 Å². The van der Waals surface area contributed by atoms with Gasteiger partial charge in [-0.3, -0.25) is 16.3 Å². The van der Waals surface area contributed by atoms with E-state index in [0.29, 0.717) is 5.25 Å². The van der Waals surface area contributed by atoms with Crippen LogP contribution in [0.5, 0.6) is 5.75 Å². The number of aromatic nitrogens is 1. The van der Waals surface area contributed by atoms with E-state index >= 15 is 0 Å². The predicted octanol–water partition coefficient (Wildman–Crippen LogP) is 2.66. The summed E-state index contributed by atoms with van der Waals surface area (Å²) in [5.74, 6) is 7.79. The Morgan fingerprint density at radius 3 is 2.89 bits per heavy atom. The number of pyridine rings is 1. The maximum Gasteiger partial charge on any atom is 0.138 e. The van der Waals surface area contributed by atoms with E-state index in [2.05, 4.69) is 10.4 Å². The standard InChI is InChI=1S/C14H23N3OS/c1-10(2)18-12-7-11(8-16-9-12)14(17-15)13-5-3-4-6-19-13/h7-10,13-14,17H,3-6,15H2,1-2H3. The van der Waals surface area contributed by atoms with Crippen molar-refractivity contribution in [3.05, 3.63) is 24.0 Å². The van der Waals surface area contributed by atoms with Crippen LogP contribution >= 0.6 is 11.8 Å². The highest BCUT2D eigenvalue weighted by Crippen LogP contribution is 2.34. The van der Waals surface area contributed by atoms with Gasteiger partial charge in [-0.15, -0.1) is 0 Å². The molecule has 4 nitrogen and oxygen atoms in total. The lowest BCUT2D eigenvalue weighted by atomic mass is 10.0. The van der Waals surface area contributed by atoms with Gasteiger partial charge in [0.25, 0.3) is 0 Å². The third kappa shape index (κ3) is 4.09. The smallest absolute Gasteiger partial charge is 0.138 e. The van der Waals surface area contributed by atoms with E-state index < -0.39 is 0 Å². The average Bonchev–Trinajstić information content (AvgIpc) is 2.40. The summed E-state index contributed by atoms with van der Waals surface area (Å²) in [6, 6.07) is 2.20. The van der Waals surface area contributed by atoms with Crippen LogP contribution in [-0.2, 0) is 0 Å². The normalized spacial score (nSPS) is 21.4. The molecule has 1 aliphatic heterocycles. The monoisotopic (exact) mass is 281 g/mol. The van der Waals surface area contributed by atoms with Crippen molar-refractivity contribution in [3.8, 4) is 5.75 Å². The van der Waals surface area contributed by atoms with Gasteiger partial charge in [0, 0.05) is 11.4 Å². The zero-order valence-corrected chi connectivity index (χ0v) is 12.5. The number of nitrogens with zero attached hydrogens (tertiary/aromatic N) is 1. The molecular formula is C14H23N3OS. The molecule has 0 bridgehead atoms. The summed E-state index contributed by atoms with van der Waals surface area (Å²) in [5, 5.41) is 0.523. The molecule has 2 heterocycles. The Bertz CT molecular complexity index is 394. The largest absolute Gasteiger partial charge is 0.489 e. The van der Waals surface area contributed by atoms with Crippen LogP contribution in [0.15, 0.2) is 18.5 Å². The quantitative estimate of drug-likeness (QED) is 0.642. The van der Waals surface area contributed by atoms with E-state index in [9.17, 15) is 0 Å². The second kappa shape index (κ2) is 7.12. The zero-order valence-electron chi connectivity index (χ0n) is 11.6. The Labute approximate surface area is 119 Å². The Morgan fingerprint density at radius 1 is 1.42 bits per heavy atom. The summed E-state index contributed by atoms with van der Waals surface area (Å²) >= 11 is 2.00. The lowest BCUT2D eigenvalue weighted by Crippen LogP contribution is -2.36. The lowest BCUT2D eigenvalue weighted by Gasteiger charge is -2.29. The van der Waals surface area contributed by atoms with Crippen molar-refractivity contribution in [2.75, 3.05) is 5.75 Å². The topological polar surface area (TPSA) is 60.2 Å². The van der Waals surface area contributed by atoms with E-state index in [1.54, 1.807) is 6.20 Å². The molecule has 0 radical (unpaired) electrons. The highest BCUT2D eigenvalue weighted by atomic mass is 32.2. The first-order chi connectivity index (χ1) is 9.20. The van der Waals surface area contributed by atoms with Gasteiger partial charge in [0.15, 0.2) is 0 Å². The molecular weight excluding hydrogens is 258 g/mol. The van der Waals surface area contributed by atoms with E-state index in [0.717, 1.165) is 11.3 Å². The Balaban J connectivity index is 2.12. The van der Waals surface area contributed by atoms with Crippen molar-refractivity contribution >= 4 is 11.8 Å². The van der Waals surface area contributed by atoms with Gasteiger partial charge in [-0.25, -0.2) is 0 Å². The number of nitrogens with two attached hydrogens (primary N) is 1. The van der Waals surface area contributed by atoms with Crippen molar-refractivity contribution in [3.63, 3.8) is 0 Å². The molecule has 0 saturated carbocycles. The molecule has 0 spiro atoms. The molecule has 1 aromatic heterocycles. The SMILES string of the molecule is CC(C)Oc1cncc(C(NN)C2CCCCS2)c1. The predicted molar refractivity (Wildman–Crippen MR) is 80.2 cm³/mol. The number of nitrogens with one attached hydrogen (secondary N) is 1. The van der Waals surface area contributed by atoms with Crippen LogP contribution in [-0.4, -0.2) is 22.1 Å². The molecule has 1 aliphatic rings. The average molecular weight is 281 g/mol. The van der Waals surface area contributed by atoms with Crippen molar-refractivity contribution in [1.82, 2.24) is 10.4 Å². The van der Waals surface area contributed by atoms with Crippen molar-refractivity contribution in [2.24, 2.45) is 5.84 Å². The first-order valence-corrected chi connectivity index (χ1v) is 7.95. The third-order valence-electron chi connectivity index (χ3n) is 3.23. The molecule has 19 heavy (non-hydrogen) atoms. The summed E-state index contributed by atoms with van der Waals surface area (Å²) < 4.78 is 5.70. The zero-order chi connectivity index (χ0) is 13.7. The molecule has 2 unspecified atom stereocenters. The van der Waals surface area contributed by atoms with E-state index in [-0.39, 0.29) is 12.1 Å². The van der Waals surface area contributed by atoms with Gasteiger partial charge >= 0.3 is 0 Å². The summed E-state index contributed by atoms with van der Waals surface area (Å²) in [4.78, 5) is 4.27. The molecule has 3 N–H and O–H groups in total. The van der Waals surface area contributed by atoms with Gasteiger partial charge in [0.1, 0.15) is 5.75 Å². The van der Waals surface area contributed by atoms with Crippen LogP contribution in [0.1, 0.15) is 44.7 Å². The van der Waals surface area contributed by atoms with Crippen LogP contribution in [0.3, 0.4) is 0 Å². The molecule has 1 aromatic rings. The molecule has 0 aliphatic carbocycles. The minimum absolute atomic E-state index is 0.147. The number of hydrogen-bond donors (Lipinski definition) is 2. The minimum Gasteiger partial charge on any atom is -0.489 e. The first kappa shape index (κ1) is 14.6. The van der Waals surface area contributed by atoms with E-state index in [1.807, 2.05) is 37.9 Å². The number of hydrazine groups is 1. The van der Waals surface area contributed by atoms with Crippen molar-refractivity contribution in [2.45, 2.75) is 50.5 Å². The molecule has 0 aromatic carbocycles. The molecule has 5 heteroatoms. The number of rotatable bonds is 5. The fourth-order valence-corrected chi connectivity index (χ4v) is 3.82. The summed E-state index contributed by atoms with van der Waals surface area (Å²) in [6.07, 6.45) is 7.59. The van der Waals surface area contributed by atoms with E-state index in [4.69, 9.17) is 10.6 Å². The minimum atomic E-state index is 0.147. The number of thioether (sulfide) groups is 1. The highest BCUT2D eigenvalue weighted by Gasteiger charge is 2.25. The number of hydrogen-bond acceptors (Lipinski definition) is 5. The summed E-state index contributed by atoms with van der Waals surface area (Å²) in [7, 11) is 0. The number of ether oxygens (including phenoxy) is 1. The first-order valence-electron chi connectivity index (χ1n) is 6.90. The van der Waals surface area contributed by atoms with Gasteiger partial charge in [0.2, 0.25) is 0 Å². The van der Waals surface area contributed by atoms with E-state index in [1.165, 1.54) is 25.0 Å². The summed E-state index contributed by atoms with van der Waals surface area (Å²) in [5.41, 5.74) is 4.06. The molecule has 1 saturated heterocycles. The van der Waals surface area contributed by atoms with Crippen LogP contribution in [0, 0.1) is 0 Å². The maximum absolute atomic E-state index is 5.76. The summed E-state index contributed by atoms with van der Waals surface area (Å²) in [6.45, 7) is 4.03.